The van der Waals surface area contributed by atoms with E-state index in [9.17, 15) is 9.59 Å². The van der Waals surface area contributed by atoms with E-state index < -0.39 is 30.0 Å². The Labute approximate surface area is 99.9 Å². The maximum absolute atomic E-state index is 11.7. The van der Waals surface area contributed by atoms with E-state index >= 15 is 0 Å². The molecule has 1 fully saturated rings. The highest BCUT2D eigenvalue weighted by Crippen LogP contribution is 2.18. The van der Waals surface area contributed by atoms with E-state index in [-0.39, 0.29) is 13.2 Å². The van der Waals surface area contributed by atoms with E-state index in [4.69, 9.17) is 16.3 Å². The minimum absolute atomic E-state index is 0.127. The van der Waals surface area contributed by atoms with Crippen molar-refractivity contribution < 1.29 is 19.4 Å². The highest BCUT2D eigenvalue weighted by Gasteiger charge is 2.38. The summed E-state index contributed by atoms with van der Waals surface area (Å²) >= 11 is 0. The van der Waals surface area contributed by atoms with Crippen LogP contribution in [0.5, 0.6) is 0 Å². The first-order valence-corrected chi connectivity index (χ1v) is 5.27. The molecule has 1 aliphatic heterocycles. The molecular formula is C11H16N2O4. The van der Waals surface area contributed by atoms with Gasteiger partial charge in [-0.25, -0.2) is 4.79 Å². The molecule has 0 spiro atoms. The van der Waals surface area contributed by atoms with Crippen LogP contribution in [-0.2, 0) is 9.53 Å². The van der Waals surface area contributed by atoms with Gasteiger partial charge in [0.1, 0.15) is 5.92 Å². The number of carbonyl (C=O) groups excluding carboxylic acids is 1. The Morgan fingerprint density at radius 3 is 2.76 bits per heavy atom. The first-order chi connectivity index (χ1) is 7.97. The molecule has 6 nitrogen and oxygen atoms in total. The Morgan fingerprint density at radius 2 is 2.24 bits per heavy atom. The molecule has 1 rings (SSSR count). The molecule has 1 aliphatic rings. The van der Waals surface area contributed by atoms with Crippen molar-refractivity contribution in [1.82, 2.24) is 10.2 Å². The molecule has 6 heteroatoms. The van der Waals surface area contributed by atoms with Gasteiger partial charge in [-0.15, -0.1) is 6.42 Å². The van der Waals surface area contributed by atoms with Crippen LogP contribution in [0, 0.1) is 18.3 Å². The first kappa shape index (κ1) is 13.3. The number of aliphatic carboxylic acids is 1. The number of carbonyl (C=O) groups is 2. The molecule has 3 atom stereocenters. The monoisotopic (exact) mass is 240 g/mol. The highest BCUT2D eigenvalue weighted by molar-refractivity contribution is 5.77. The second-order valence-electron chi connectivity index (χ2n) is 4.00. The number of amides is 2. The van der Waals surface area contributed by atoms with Crippen LogP contribution in [0.3, 0.4) is 0 Å². The lowest BCUT2D eigenvalue weighted by atomic mass is 10.0. The summed E-state index contributed by atoms with van der Waals surface area (Å²) in [6.07, 6.45) is 5.15. The largest absolute Gasteiger partial charge is 0.481 e. The lowest BCUT2D eigenvalue weighted by Crippen LogP contribution is -2.50. The minimum Gasteiger partial charge on any atom is -0.481 e. The number of nitrogens with zero attached hydrogens (tertiary/aromatic N) is 1. The molecule has 94 valence electrons. The third-order valence-electron chi connectivity index (χ3n) is 2.78. The van der Waals surface area contributed by atoms with Gasteiger partial charge in [-0.3, -0.25) is 4.79 Å². The van der Waals surface area contributed by atoms with Gasteiger partial charge >= 0.3 is 12.0 Å². The molecule has 0 aliphatic carbocycles. The number of carboxylic acid groups (broad SMARTS) is 1. The van der Waals surface area contributed by atoms with E-state index in [1.807, 2.05) is 0 Å². The molecule has 17 heavy (non-hydrogen) atoms. The van der Waals surface area contributed by atoms with Crippen molar-refractivity contribution in [2.24, 2.45) is 5.92 Å². The highest BCUT2D eigenvalue weighted by atomic mass is 16.5. The SMILES string of the molecule is C#CC(C)NC(=O)N(C)C1COCC1C(=O)O. The number of rotatable bonds is 3. The Morgan fingerprint density at radius 1 is 1.59 bits per heavy atom. The summed E-state index contributed by atoms with van der Waals surface area (Å²) in [5.41, 5.74) is 0. The fourth-order valence-electron chi connectivity index (χ4n) is 1.64. The predicted octanol–water partition coefficient (Wildman–Crippen LogP) is -0.251. The summed E-state index contributed by atoms with van der Waals surface area (Å²) in [6, 6.07) is -1.25. The van der Waals surface area contributed by atoms with Crippen molar-refractivity contribution >= 4 is 12.0 Å². The van der Waals surface area contributed by atoms with Crippen molar-refractivity contribution in [2.75, 3.05) is 20.3 Å². The van der Waals surface area contributed by atoms with Gasteiger partial charge in [0.25, 0.3) is 0 Å². The molecule has 0 aromatic rings. The van der Waals surface area contributed by atoms with Gasteiger partial charge in [0.2, 0.25) is 0 Å². The quantitative estimate of drug-likeness (QED) is 0.667. The molecule has 0 radical (unpaired) electrons. The minimum atomic E-state index is -0.961. The van der Waals surface area contributed by atoms with Gasteiger partial charge in [-0.2, -0.15) is 0 Å². The van der Waals surface area contributed by atoms with Crippen LogP contribution in [0.1, 0.15) is 6.92 Å². The van der Waals surface area contributed by atoms with E-state index in [2.05, 4.69) is 11.2 Å². The van der Waals surface area contributed by atoms with Gasteiger partial charge in [0.05, 0.1) is 25.3 Å². The molecule has 0 saturated carbocycles. The van der Waals surface area contributed by atoms with Crippen molar-refractivity contribution in [3.05, 3.63) is 0 Å². The number of terminal acetylenes is 1. The van der Waals surface area contributed by atoms with Crippen LogP contribution in [-0.4, -0.2) is 54.4 Å². The number of hydrogen-bond acceptors (Lipinski definition) is 3. The summed E-state index contributed by atoms with van der Waals surface area (Å²) in [5.74, 6) is 0.720. The normalized spacial score (nSPS) is 24.8. The molecule has 0 aromatic heterocycles. The summed E-state index contributed by atoms with van der Waals surface area (Å²) < 4.78 is 5.09. The van der Waals surface area contributed by atoms with Crippen LogP contribution in [0.4, 0.5) is 4.79 Å². The molecular weight excluding hydrogens is 224 g/mol. The maximum atomic E-state index is 11.7. The van der Waals surface area contributed by atoms with Crippen LogP contribution in [0.25, 0.3) is 0 Å². The number of nitrogens with one attached hydrogen (secondary N) is 1. The van der Waals surface area contributed by atoms with Gasteiger partial charge in [-0.1, -0.05) is 5.92 Å². The molecule has 2 amide bonds. The Balaban J connectivity index is 2.63. The number of hydrogen-bond donors (Lipinski definition) is 2. The van der Waals surface area contributed by atoms with Crippen molar-refractivity contribution in [3.8, 4) is 12.3 Å². The van der Waals surface area contributed by atoms with E-state index in [1.165, 1.54) is 11.9 Å². The molecule has 1 heterocycles. The fourth-order valence-corrected chi connectivity index (χ4v) is 1.64. The zero-order valence-corrected chi connectivity index (χ0v) is 9.84. The summed E-state index contributed by atoms with van der Waals surface area (Å²) in [7, 11) is 1.54. The van der Waals surface area contributed by atoms with E-state index in [0.29, 0.717) is 0 Å². The van der Waals surface area contributed by atoms with Crippen molar-refractivity contribution in [2.45, 2.75) is 19.0 Å². The molecule has 1 saturated heterocycles. The summed E-state index contributed by atoms with van der Waals surface area (Å²) in [5, 5.41) is 11.5. The average Bonchev–Trinajstić information content (AvgIpc) is 2.76. The smallest absolute Gasteiger partial charge is 0.318 e. The maximum Gasteiger partial charge on any atom is 0.318 e. The average molecular weight is 240 g/mol. The third-order valence-corrected chi connectivity index (χ3v) is 2.78. The number of carboxylic acids is 1. The van der Waals surface area contributed by atoms with Gasteiger partial charge in [-0.05, 0) is 6.92 Å². The Hall–Kier alpha value is -1.74. The van der Waals surface area contributed by atoms with Crippen LogP contribution in [0.15, 0.2) is 0 Å². The van der Waals surface area contributed by atoms with Crippen LogP contribution >= 0.6 is 0 Å². The second-order valence-corrected chi connectivity index (χ2v) is 4.00. The topological polar surface area (TPSA) is 78.9 Å². The fraction of sp³-hybridized carbons (Fsp3) is 0.636. The standard InChI is InChI=1S/C11H16N2O4/c1-4-7(2)12-11(16)13(3)9-6-17-5-8(9)10(14)15/h1,7-9H,5-6H2,2-3H3,(H,12,16)(H,14,15). The Bertz CT molecular complexity index is 350. The molecule has 2 N–H and O–H groups in total. The Kier molecular flexibility index (Phi) is 4.35. The zero-order chi connectivity index (χ0) is 13.0. The van der Waals surface area contributed by atoms with Crippen molar-refractivity contribution in [1.29, 1.82) is 0 Å². The number of likely N-dealkylation sites (N-methyl/N-ethyl adjacent to an activating group) is 1. The van der Waals surface area contributed by atoms with Gasteiger partial charge in [0.15, 0.2) is 0 Å². The van der Waals surface area contributed by atoms with Gasteiger partial charge < -0.3 is 20.1 Å². The molecule has 3 unspecified atom stereocenters. The zero-order valence-electron chi connectivity index (χ0n) is 9.84. The molecule has 0 bridgehead atoms. The predicted molar refractivity (Wildman–Crippen MR) is 60.3 cm³/mol. The summed E-state index contributed by atoms with van der Waals surface area (Å²) in [4.78, 5) is 24.0. The number of urea groups is 1. The molecule has 0 aromatic carbocycles. The van der Waals surface area contributed by atoms with Crippen molar-refractivity contribution in [3.63, 3.8) is 0 Å². The van der Waals surface area contributed by atoms with E-state index in [0.717, 1.165) is 0 Å². The summed E-state index contributed by atoms with van der Waals surface area (Å²) in [6.45, 7) is 2.03. The van der Waals surface area contributed by atoms with Crippen LogP contribution in [0.2, 0.25) is 0 Å². The van der Waals surface area contributed by atoms with Gasteiger partial charge in [0, 0.05) is 7.05 Å². The third kappa shape index (κ3) is 3.11. The van der Waals surface area contributed by atoms with E-state index in [1.54, 1.807) is 6.92 Å². The lowest BCUT2D eigenvalue weighted by molar-refractivity contribution is -0.142. The first-order valence-electron chi connectivity index (χ1n) is 5.27. The van der Waals surface area contributed by atoms with Crippen LogP contribution < -0.4 is 5.32 Å². The lowest BCUT2D eigenvalue weighted by Gasteiger charge is -2.27. The number of ether oxygens (including phenoxy) is 1. The second kappa shape index (κ2) is 5.55.